The van der Waals surface area contributed by atoms with Gasteiger partial charge in [-0.1, -0.05) is 68.1 Å². The van der Waals surface area contributed by atoms with Gasteiger partial charge < -0.3 is 15.4 Å². The van der Waals surface area contributed by atoms with Gasteiger partial charge in [-0.2, -0.15) is 0 Å². The number of benzene rings is 2. The summed E-state index contributed by atoms with van der Waals surface area (Å²) in [7, 11) is 0. The lowest BCUT2D eigenvalue weighted by Gasteiger charge is -2.32. The Kier molecular flexibility index (Phi) is 7.14. The van der Waals surface area contributed by atoms with Crippen molar-refractivity contribution in [1.82, 2.24) is 10.4 Å². The van der Waals surface area contributed by atoms with Crippen molar-refractivity contribution < 1.29 is 14.7 Å². The van der Waals surface area contributed by atoms with Crippen LogP contribution in [-0.4, -0.2) is 29.2 Å². The van der Waals surface area contributed by atoms with E-state index in [4.69, 9.17) is 15.7 Å². The number of likely N-dealkylation sites (tertiary alicyclic amines) is 1. The van der Waals surface area contributed by atoms with Crippen molar-refractivity contribution in [3.8, 4) is 0 Å². The molecule has 0 aliphatic carbocycles. The third kappa shape index (κ3) is 5.02. The minimum absolute atomic E-state index is 0.0988. The Bertz CT molecular complexity index is 899. The fourth-order valence-corrected chi connectivity index (χ4v) is 3.60. The van der Waals surface area contributed by atoms with Crippen LogP contribution in [0.3, 0.4) is 0 Å². The van der Waals surface area contributed by atoms with Gasteiger partial charge in [0, 0.05) is 30.1 Å². The number of carbonyl (C=O) groups is 1. The van der Waals surface area contributed by atoms with Crippen LogP contribution in [0.1, 0.15) is 36.5 Å². The molecule has 2 aromatic carbocycles. The number of hydroxylamine groups is 1. The summed E-state index contributed by atoms with van der Waals surface area (Å²) < 4.78 is 6.26. The number of amides is 2. The molecule has 0 spiro atoms. The van der Waals surface area contributed by atoms with E-state index in [0.29, 0.717) is 43.1 Å². The second kappa shape index (κ2) is 9.98. The van der Waals surface area contributed by atoms with Crippen molar-refractivity contribution in [3.63, 3.8) is 0 Å². The number of hydrogen-bond acceptors (Lipinski definition) is 4. The molecule has 0 unspecified atom stereocenters. The number of piperidine rings is 1. The van der Waals surface area contributed by atoms with Gasteiger partial charge in [0.05, 0.1) is 5.70 Å². The Balaban J connectivity index is 1.81. The molecule has 0 bridgehead atoms. The lowest BCUT2D eigenvalue weighted by atomic mass is 9.95. The normalized spacial score (nSPS) is 15.3. The van der Waals surface area contributed by atoms with Crippen LogP contribution in [0.4, 0.5) is 4.79 Å². The molecule has 1 aliphatic rings. The lowest BCUT2D eigenvalue weighted by Crippen LogP contribution is -2.43. The van der Waals surface area contributed by atoms with E-state index in [1.807, 2.05) is 42.5 Å². The highest BCUT2D eigenvalue weighted by atomic mass is 16.5. The van der Waals surface area contributed by atoms with Gasteiger partial charge in [-0.25, -0.2) is 10.3 Å². The van der Waals surface area contributed by atoms with Gasteiger partial charge in [0.25, 0.3) is 0 Å². The summed E-state index contributed by atoms with van der Waals surface area (Å²) in [6, 6.07) is 17.4. The van der Waals surface area contributed by atoms with Gasteiger partial charge in [-0.3, -0.25) is 5.21 Å². The number of nitrogens with two attached hydrogens (primary N) is 1. The predicted molar refractivity (Wildman–Crippen MR) is 118 cm³/mol. The molecule has 1 heterocycles. The third-order valence-electron chi connectivity index (χ3n) is 5.52. The highest BCUT2D eigenvalue weighted by Gasteiger charge is 2.26. The van der Waals surface area contributed by atoms with E-state index in [1.54, 1.807) is 10.4 Å². The van der Waals surface area contributed by atoms with E-state index in [-0.39, 0.29) is 5.92 Å². The minimum atomic E-state index is -0.482. The number of nitrogens with one attached hydrogen (secondary N) is 1. The van der Waals surface area contributed by atoms with Crippen LogP contribution in [-0.2, 0) is 11.2 Å². The van der Waals surface area contributed by atoms with E-state index in [1.165, 1.54) is 5.56 Å². The summed E-state index contributed by atoms with van der Waals surface area (Å²) in [5, 5.41) is 8.81. The van der Waals surface area contributed by atoms with E-state index < -0.39 is 6.03 Å². The number of nitrogens with zero attached hydrogens (tertiary/aromatic N) is 1. The summed E-state index contributed by atoms with van der Waals surface area (Å²) in [5.74, 6) is 1.31. The SMILES string of the molecule is C=C(O/C(=C(\N)c1ccc(CC)cc1)c1ccccc1)C1CCN(C(=O)NO)CC1. The fourth-order valence-electron chi connectivity index (χ4n) is 3.60. The van der Waals surface area contributed by atoms with E-state index in [2.05, 4.69) is 25.6 Å². The second-order valence-corrected chi connectivity index (χ2v) is 7.41. The molecule has 1 aliphatic heterocycles. The quantitative estimate of drug-likeness (QED) is 0.287. The number of rotatable bonds is 6. The number of allylic oxidation sites excluding steroid dienone is 1. The van der Waals surface area contributed by atoms with Crippen molar-refractivity contribution >= 4 is 17.5 Å². The van der Waals surface area contributed by atoms with Crippen LogP contribution in [0.2, 0.25) is 0 Å². The van der Waals surface area contributed by atoms with E-state index >= 15 is 0 Å². The maximum atomic E-state index is 11.6. The number of aryl methyl sites for hydroxylation is 1. The van der Waals surface area contributed by atoms with Gasteiger partial charge in [0.2, 0.25) is 0 Å². The van der Waals surface area contributed by atoms with Crippen LogP contribution in [0.5, 0.6) is 0 Å². The summed E-state index contributed by atoms with van der Waals surface area (Å²) >= 11 is 0. The average molecular weight is 408 g/mol. The molecule has 0 saturated carbocycles. The Morgan fingerprint density at radius 2 is 1.77 bits per heavy atom. The highest BCUT2D eigenvalue weighted by molar-refractivity contribution is 5.86. The molecular weight excluding hydrogens is 378 g/mol. The lowest BCUT2D eigenvalue weighted by molar-refractivity contribution is 0.113. The molecule has 6 nitrogen and oxygen atoms in total. The molecule has 30 heavy (non-hydrogen) atoms. The standard InChI is InChI=1S/C24H29N3O3/c1-3-18-9-11-20(12-10-18)22(25)23(21-7-5-4-6-8-21)30-17(2)19-13-15-27(16-14-19)24(28)26-29/h4-12,19,29H,2-3,13-16,25H2,1H3,(H,26,28)/b23-22-. The van der Waals surface area contributed by atoms with E-state index in [0.717, 1.165) is 17.5 Å². The molecule has 2 aromatic rings. The Hall–Kier alpha value is -3.25. The fraction of sp³-hybridized carbons (Fsp3) is 0.292. The van der Waals surface area contributed by atoms with Crippen LogP contribution in [0.15, 0.2) is 66.9 Å². The molecule has 2 amide bonds. The van der Waals surface area contributed by atoms with E-state index in [9.17, 15) is 4.79 Å². The minimum Gasteiger partial charge on any atom is -0.459 e. The first-order valence-electron chi connectivity index (χ1n) is 10.2. The number of ether oxygens (including phenoxy) is 1. The van der Waals surface area contributed by atoms with Crippen LogP contribution >= 0.6 is 0 Å². The monoisotopic (exact) mass is 407 g/mol. The van der Waals surface area contributed by atoms with Crippen molar-refractivity contribution in [1.29, 1.82) is 0 Å². The van der Waals surface area contributed by atoms with Crippen LogP contribution < -0.4 is 11.2 Å². The zero-order valence-electron chi connectivity index (χ0n) is 17.3. The van der Waals surface area contributed by atoms with Crippen molar-refractivity contribution in [3.05, 3.63) is 83.6 Å². The first kappa shape index (κ1) is 21.5. The van der Waals surface area contributed by atoms with Crippen LogP contribution in [0.25, 0.3) is 11.5 Å². The molecule has 0 aromatic heterocycles. The summed E-state index contributed by atoms with van der Waals surface area (Å²) in [5.41, 5.74) is 11.8. The van der Waals surface area contributed by atoms with Crippen molar-refractivity contribution in [2.75, 3.05) is 13.1 Å². The summed E-state index contributed by atoms with van der Waals surface area (Å²) in [4.78, 5) is 13.2. The smallest absolute Gasteiger partial charge is 0.341 e. The second-order valence-electron chi connectivity index (χ2n) is 7.41. The maximum Gasteiger partial charge on any atom is 0.341 e. The number of carbonyl (C=O) groups excluding carboxylic acids is 1. The maximum absolute atomic E-state index is 11.6. The van der Waals surface area contributed by atoms with Crippen LogP contribution in [0, 0.1) is 5.92 Å². The molecule has 0 radical (unpaired) electrons. The highest BCUT2D eigenvalue weighted by Crippen LogP contribution is 2.32. The largest absolute Gasteiger partial charge is 0.459 e. The Morgan fingerprint density at radius 1 is 1.13 bits per heavy atom. The topological polar surface area (TPSA) is 87.8 Å². The van der Waals surface area contributed by atoms with Gasteiger partial charge in [-0.15, -0.1) is 0 Å². The molecule has 158 valence electrons. The molecule has 1 saturated heterocycles. The van der Waals surface area contributed by atoms with Gasteiger partial charge >= 0.3 is 6.03 Å². The molecule has 4 N–H and O–H groups in total. The zero-order chi connectivity index (χ0) is 21.5. The number of hydrogen-bond donors (Lipinski definition) is 3. The van der Waals surface area contributed by atoms with Crippen molar-refractivity contribution in [2.24, 2.45) is 11.7 Å². The molecule has 3 rings (SSSR count). The predicted octanol–water partition coefficient (Wildman–Crippen LogP) is 4.37. The first-order valence-corrected chi connectivity index (χ1v) is 10.2. The number of urea groups is 1. The molecular formula is C24H29N3O3. The van der Waals surface area contributed by atoms with Gasteiger partial charge in [0.15, 0.2) is 5.76 Å². The Labute approximate surface area is 177 Å². The summed E-state index contributed by atoms with van der Waals surface area (Å²) in [6.07, 6.45) is 2.38. The first-order chi connectivity index (χ1) is 14.5. The summed E-state index contributed by atoms with van der Waals surface area (Å²) in [6.45, 7) is 7.33. The van der Waals surface area contributed by atoms with Crippen molar-refractivity contribution in [2.45, 2.75) is 26.2 Å². The molecule has 1 fully saturated rings. The third-order valence-corrected chi connectivity index (χ3v) is 5.52. The molecule has 6 heteroatoms. The average Bonchev–Trinajstić information content (AvgIpc) is 2.82. The zero-order valence-corrected chi connectivity index (χ0v) is 17.3. The van der Waals surface area contributed by atoms with Gasteiger partial charge in [-0.05, 0) is 24.8 Å². The molecule has 0 atom stereocenters. The van der Waals surface area contributed by atoms with Gasteiger partial charge in [0.1, 0.15) is 5.76 Å². The Morgan fingerprint density at radius 3 is 2.33 bits per heavy atom.